The number of aliphatic hydroxyl groups is 1. The highest BCUT2D eigenvalue weighted by Gasteiger charge is 2.33. The molecule has 2 amide bonds. The topological polar surface area (TPSA) is 117 Å². The van der Waals surface area contributed by atoms with Gasteiger partial charge in [-0.05, 0) is 42.0 Å². The molecule has 2 rings (SSSR count). The van der Waals surface area contributed by atoms with Crippen LogP contribution in [0.1, 0.15) is 25.5 Å². The molecule has 0 spiro atoms. The average molecular weight is 493 g/mol. The van der Waals surface area contributed by atoms with Gasteiger partial charge in [-0.1, -0.05) is 48.0 Å². The first-order chi connectivity index (χ1) is 14.7. The molecule has 166 valence electrons. The van der Waals surface area contributed by atoms with Gasteiger partial charge in [-0.2, -0.15) is 0 Å². The van der Waals surface area contributed by atoms with E-state index in [1.165, 1.54) is 11.6 Å². The molecule has 0 heterocycles. The third-order valence-corrected chi connectivity index (χ3v) is 4.82. The number of halogens is 1. The highest BCUT2D eigenvalue weighted by Crippen LogP contribution is 2.39. The van der Waals surface area contributed by atoms with Crippen LogP contribution in [0.15, 0.2) is 65.2 Å². The highest BCUT2D eigenvalue weighted by atomic mass is 79.9. The fourth-order valence-corrected chi connectivity index (χ4v) is 3.05. The summed E-state index contributed by atoms with van der Waals surface area (Å²) in [5.74, 6) is -0.201. The smallest absolute Gasteiger partial charge is 0.412 e. The Morgan fingerprint density at radius 1 is 1.19 bits per heavy atom. The number of hydrogen-bond donors (Lipinski definition) is 4. The number of rotatable bonds is 9. The quantitative estimate of drug-likeness (QED) is 0.236. The summed E-state index contributed by atoms with van der Waals surface area (Å²) in [5, 5.41) is 20.4. The molecule has 8 nitrogen and oxygen atoms in total. The van der Waals surface area contributed by atoms with Gasteiger partial charge in [0.1, 0.15) is 18.5 Å². The van der Waals surface area contributed by atoms with E-state index in [1.807, 2.05) is 0 Å². The Morgan fingerprint density at radius 3 is 2.55 bits per heavy atom. The molecule has 0 bridgehead atoms. The number of anilines is 1. The maximum absolute atomic E-state index is 12.6. The molecule has 2 aromatic carbocycles. The van der Waals surface area contributed by atoms with E-state index >= 15 is 0 Å². The average Bonchev–Trinajstić information content (AvgIpc) is 2.76. The van der Waals surface area contributed by atoms with Crippen LogP contribution in [0.2, 0.25) is 0 Å². The zero-order valence-corrected chi connectivity index (χ0v) is 18.8. The summed E-state index contributed by atoms with van der Waals surface area (Å²) in [5.41, 5.74) is 1.88. The van der Waals surface area contributed by atoms with Gasteiger partial charge >= 0.3 is 6.09 Å². The summed E-state index contributed by atoms with van der Waals surface area (Å²) >= 11 is 3.34. The lowest BCUT2D eigenvalue weighted by Gasteiger charge is -2.32. The second kappa shape index (κ2) is 11.5. The molecular weight excluding hydrogens is 468 g/mol. The van der Waals surface area contributed by atoms with Gasteiger partial charge in [0.05, 0.1) is 6.61 Å². The molecule has 0 saturated carbocycles. The van der Waals surface area contributed by atoms with Gasteiger partial charge in [-0.25, -0.2) is 10.3 Å². The monoisotopic (exact) mass is 492 g/mol. The largest absolute Gasteiger partial charge is 0.491 e. The second-order valence-electron chi connectivity index (χ2n) is 7.19. The molecule has 0 aromatic heterocycles. The predicted octanol–water partition coefficient (Wildman–Crippen LogP) is 4.20. The molecule has 4 N–H and O–H groups in total. The summed E-state index contributed by atoms with van der Waals surface area (Å²) in [7, 11) is 0. The summed E-state index contributed by atoms with van der Waals surface area (Å²) < 4.78 is 12.1. The van der Waals surface area contributed by atoms with Gasteiger partial charge in [-0.15, -0.1) is 0 Å². The van der Waals surface area contributed by atoms with E-state index < -0.39 is 23.5 Å². The molecule has 0 fully saturated rings. The van der Waals surface area contributed by atoms with Crippen molar-refractivity contribution in [2.24, 2.45) is 5.41 Å². The van der Waals surface area contributed by atoms with Crippen LogP contribution >= 0.6 is 15.9 Å². The van der Waals surface area contributed by atoms with E-state index in [9.17, 15) is 9.59 Å². The van der Waals surface area contributed by atoms with E-state index in [0.717, 1.165) is 10.5 Å². The first-order valence-corrected chi connectivity index (χ1v) is 10.2. The van der Waals surface area contributed by atoms with Gasteiger partial charge in [0.15, 0.2) is 0 Å². The Morgan fingerprint density at radius 2 is 1.90 bits per heavy atom. The number of carbonyl (C=O) groups is 2. The van der Waals surface area contributed by atoms with Crippen LogP contribution in [-0.2, 0) is 9.53 Å². The molecule has 9 heteroatoms. The SMILES string of the molecule is CC(C)(/C=C/C(=O)NO)[C@@H](OC(=O)Nc1ccc(Br)cc1)c1cccc(OCCO)c1. The van der Waals surface area contributed by atoms with Crippen LogP contribution in [-0.4, -0.2) is 35.5 Å². The first kappa shape index (κ1) is 24.4. The zero-order valence-electron chi connectivity index (χ0n) is 17.2. The van der Waals surface area contributed by atoms with Crippen LogP contribution in [0.5, 0.6) is 5.75 Å². The fraction of sp³-hybridized carbons (Fsp3) is 0.273. The third kappa shape index (κ3) is 7.71. The fourth-order valence-electron chi connectivity index (χ4n) is 2.78. The van der Waals surface area contributed by atoms with Crippen molar-refractivity contribution >= 4 is 33.6 Å². The van der Waals surface area contributed by atoms with Crippen molar-refractivity contribution in [1.82, 2.24) is 5.48 Å². The van der Waals surface area contributed by atoms with Crippen LogP contribution in [0, 0.1) is 5.41 Å². The normalized spacial score (nSPS) is 12.3. The molecule has 1 atom stereocenters. The molecule has 31 heavy (non-hydrogen) atoms. The standard InChI is InChI=1S/C22H25BrN2O6/c1-22(2,11-10-19(27)25-29)20(15-4-3-5-18(14-15)30-13-12-26)31-21(28)24-17-8-6-16(23)7-9-17/h3-11,14,20,26,29H,12-13H2,1-2H3,(H,24,28)(H,25,27)/b11-10+/t20-/m0/s1. The van der Waals surface area contributed by atoms with E-state index in [4.69, 9.17) is 19.8 Å². The maximum Gasteiger partial charge on any atom is 0.412 e. The number of aliphatic hydroxyl groups excluding tert-OH is 1. The molecule has 0 unspecified atom stereocenters. The van der Waals surface area contributed by atoms with Crippen molar-refractivity contribution in [3.8, 4) is 5.75 Å². The first-order valence-electron chi connectivity index (χ1n) is 9.45. The Hall–Kier alpha value is -2.88. The summed E-state index contributed by atoms with van der Waals surface area (Å²) in [6, 6.07) is 14.0. The number of nitrogens with one attached hydrogen (secondary N) is 2. The number of benzene rings is 2. The molecule has 0 saturated heterocycles. The number of hydroxylamine groups is 1. The minimum absolute atomic E-state index is 0.124. The lowest BCUT2D eigenvalue weighted by Crippen LogP contribution is -2.28. The van der Waals surface area contributed by atoms with E-state index in [1.54, 1.807) is 62.4 Å². The van der Waals surface area contributed by atoms with Gasteiger partial charge in [-0.3, -0.25) is 15.3 Å². The zero-order chi connectivity index (χ0) is 22.9. The summed E-state index contributed by atoms with van der Waals surface area (Å²) in [4.78, 5) is 24.1. The van der Waals surface area contributed by atoms with E-state index in [2.05, 4.69) is 21.2 Å². The van der Waals surface area contributed by atoms with Gasteiger partial charge in [0.2, 0.25) is 0 Å². The van der Waals surface area contributed by atoms with Crippen molar-refractivity contribution in [1.29, 1.82) is 0 Å². The number of hydrogen-bond acceptors (Lipinski definition) is 6. The Labute approximate surface area is 189 Å². The Bertz CT molecular complexity index is 914. The van der Waals surface area contributed by atoms with E-state index in [0.29, 0.717) is 17.0 Å². The van der Waals surface area contributed by atoms with Gasteiger partial charge in [0.25, 0.3) is 5.91 Å². The highest BCUT2D eigenvalue weighted by molar-refractivity contribution is 9.10. The van der Waals surface area contributed by atoms with Crippen molar-refractivity contribution in [3.63, 3.8) is 0 Å². The number of amides is 2. The molecule has 0 aliphatic heterocycles. The minimum atomic E-state index is -0.834. The number of carbonyl (C=O) groups excluding carboxylic acids is 2. The Kier molecular flexibility index (Phi) is 9.04. The second-order valence-corrected chi connectivity index (χ2v) is 8.11. The predicted molar refractivity (Wildman–Crippen MR) is 119 cm³/mol. The minimum Gasteiger partial charge on any atom is -0.491 e. The lowest BCUT2D eigenvalue weighted by molar-refractivity contribution is -0.124. The molecule has 0 aliphatic carbocycles. The Balaban J connectivity index is 2.30. The van der Waals surface area contributed by atoms with Crippen LogP contribution in [0.25, 0.3) is 0 Å². The van der Waals surface area contributed by atoms with Gasteiger partial charge in [0, 0.05) is 21.7 Å². The van der Waals surface area contributed by atoms with Crippen molar-refractivity contribution in [2.75, 3.05) is 18.5 Å². The molecule has 0 radical (unpaired) electrons. The number of ether oxygens (including phenoxy) is 2. The third-order valence-electron chi connectivity index (χ3n) is 4.29. The maximum atomic E-state index is 12.6. The lowest BCUT2D eigenvalue weighted by atomic mass is 9.82. The van der Waals surface area contributed by atoms with Crippen molar-refractivity contribution < 1.29 is 29.4 Å². The van der Waals surface area contributed by atoms with E-state index in [-0.39, 0.29) is 13.2 Å². The van der Waals surface area contributed by atoms with Crippen LogP contribution in [0.4, 0.5) is 10.5 Å². The van der Waals surface area contributed by atoms with Gasteiger partial charge < -0.3 is 14.6 Å². The van der Waals surface area contributed by atoms with Crippen molar-refractivity contribution in [2.45, 2.75) is 20.0 Å². The molecular formula is C22H25BrN2O6. The van der Waals surface area contributed by atoms with Crippen LogP contribution in [0.3, 0.4) is 0 Å². The summed E-state index contributed by atoms with van der Waals surface area (Å²) in [6.45, 7) is 3.56. The molecule has 0 aliphatic rings. The van der Waals surface area contributed by atoms with Crippen LogP contribution < -0.4 is 15.5 Å². The molecule has 2 aromatic rings. The summed E-state index contributed by atoms with van der Waals surface area (Å²) in [6.07, 6.45) is 1.22. The van der Waals surface area contributed by atoms with Crippen molar-refractivity contribution in [3.05, 3.63) is 70.7 Å².